The van der Waals surface area contributed by atoms with Gasteiger partial charge in [0.05, 0.1) is 17.0 Å². The van der Waals surface area contributed by atoms with Crippen LogP contribution in [0.4, 0.5) is 0 Å². The van der Waals surface area contributed by atoms with Crippen molar-refractivity contribution in [1.82, 2.24) is 35.2 Å². The Bertz CT molecular complexity index is 1310. The first-order valence-electron chi connectivity index (χ1n) is 10.9. The molecule has 1 aliphatic heterocycles. The first kappa shape index (κ1) is 20.5. The number of H-pyrrole nitrogens is 1. The van der Waals surface area contributed by atoms with Gasteiger partial charge < -0.3 is 10.2 Å². The molecule has 0 bridgehead atoms. The van der Waals surface area contributed by atoms with Crippen molar-refractivity contribution in [3.63, 3.8) is 0 Å². The second kappa shape index (κ2) is 8.29. The van der Waals surface area contributed by atoms with E-state index >= 15 is 0 Å². The van der Waals surface area contributed by atoms with Crippen molar-refractivity contribution in [1.29, 1.82) is 0 Å². The summed E-state index contributed by atoms with van der Waals surface area (Å²) in [6.45, 7) is 4.28. The molecule has 8 heteroatoms. The van der Waals surface area contributed by atoms with Gasteiger partial charge in [-0.3, -0.25) is 4.79 Å². The van der Waals surface area contributed by atoms with E-state index in [1.54, 1.807) is 6.33 Å². The molecule has 3 heterocycles. The van der Waals surface area contributed by atoms with E-state index in [-0.39, 0.29) is 17.5 Å². The molecule has 32 heavy (non-hydrogen) atoms. The van der Waals surface area contributed by atoms with Gasteiger partial charge >= 0.3 is 0 Å². The van der Waals surface area contributed by atoms with Gasteiger partial charge in [-0.15, -0.1) is 0 Å². The Labute approximate surface area is 186 Å². The SMILES string of the molecule is CCn1ncnc1C1c2n[nH]c(=O)c3cccc(c23)CNC1c1ccc(CN(C)C)cc1. The third-order valence-electron chi connectivity index (χ3n) is 6.13. The quantitative estimate of drug-likeness (QED) is 0.507. The summed E-state index contributed by atoms with van der Waals surface area (Å²) in [5.41, 5.74) is 4.12. The molecule has 1 aliphatic rings. The highest BCUT2D eigenvalue weighted by Crippen LogP contribution is 2.40. The van der Waals surface area contributed by atoms with Gasteiger partial charge in [-0.25, -0.2) is 14.8 Å². The van der Waals surface area contributed by atoms with Gasteiger partial charge in [-0.1, -0.05) is 36.4 Å². The Balaban J connectivity index is 1.70. The van der Waals surface area contributed by atoms with Crippen LogP contribution in [0.2, 0.25) is 0 Å². The fourth-order valence-electron chi connectivity index (χ4n) is 4.72. The Hall–Kier alpha value is -3.36. The second-order valence-corrected chi connectivity index (χ2v) is 8.53. The molecule has 0 radical (unpaired) electrons. The van der Waals surface area contributed by atoms with E-state index in [4.69, 9.17) is 0 Å². The fraction of sp³-hybridized carbons (Fsp3) is 0.333. The summed E-state index contributed by atoms with van der Waals surface area (Å²) in [5.74, 6) is 0.625. The van der Waals surface area contributed by atoms with Crippen LogP contribution < -0.4 is 10.9 Å². The number of aromatic amines is 1. The summed E-state index contributed by atoms with van der Waals surface area (Å²) >= 11 is 0. The lowest BCUT2D eigenvalue weighted by molar-refractivity contribution is 0.402. The molecule has 2 unspecified atom stereocenters. The number of hydrogen-bond donors (Lipinski definition) is 2. The highest BCUT2D eigenvalue weighted by molar-refractivity contribution is 5.88. The average molecular weight is 430 g/mol. The van der Waals surface area contributed by atoms with E-state index in [0.29, 0.717) is 18.5 Å². The van der Waals surface area contributed by atoms with Crippen LogP contribution >= 0.6 is 0 Å². The topological polar surface area (TPSA) is 91.7 Å². The van der Waals surface area contributed by atoms with Crippen molar-refractivity contribution in [2.45, 2.75) is 38.5 Å². The van der Waals surface area contributed by atoms with Gasteiger partial charge in [-0.2, -0.15) is 10.2 Å². The Morgan fingerprint density at radius 2 is 1.97 bits per heavy atom. The standard InChI is InChI=1S/C24H27N7O/c1-4-31-23(26-14-27-31)20-21(16-10-8-15(9-11-16)13-30(2)3)25-12-17-6-5-7-18-19(17)22(20)28-29-24(18)32/h5-11,14,20-21,25H,4,12-13H2,1-3H3,(H,29,32). The molecule has 0 spiro atoms. The molecule has 164 valence electrons. The van der Waals surface area contributed by atoms with Crippen LogP contribution in [0.1, 0.15) is 47.1 Å². The zero-order valence-electron chi connectivity index (χ0n) is 18.5. The zero-order valence-corrected chi connectivity index (χ0v) is 18.5. The number of benzene rings is 2. The third kappa shape index (κ3) is 3.51. The van der Waals surface area contributed by atoms with E-state index in [1.807, 2.05) is 16.8 Å². The number of aromatic nitrogens is 5. The van der Waals surface area contributed by atoms with Crippen LogP contribution in [0.3, 0.4) is 0 Å². The average Bonchev–Trinajstić information content (AvgIpc) is 3.19. The number of aryl methyl sites for hydroxylation is 1. The normalized spacial score (nSPS) is 18.2. The number of nitrogens with one attached hydrogen (secondary N) is 2. The summed E-state index contributed by atoms with van der Waals surface area (Å²) in [6.07, 6.45) is 1.59. The molecule has 5 rings (SSSR count). The van der Waals surface area contributed by atoms with E-state index < -0.39 is 0 Å². The molecular formula is C24H27N7O. The molecule has 2 atom stereocenters. The van der Waals surface area contributed by atoms with Gasteiger partial charge in [0, 0.05) is 31.1 Å². The summed E-state index contributed by atoms with van der Waals surface area (Å²) < 4.78 is 1.91. The molecule has 0 fully saturated rings. The van der Waals surface area contributed by atoms with Crippen molar-refractivity contribution in [2.24, 2.45) is 0 Å². The summed E-state index contributed by atoms with van der Waals surface area (Å²) in [4.78, 5) is 19.3. The van der Waals surface area contributed by atoms with Crippen LogP contribution in [0.25, 0.3) is 10.8 Å². The summed E-state index contributed by atoms with van der Waals surface area (Å²) in [6, 6.07) is 14.5. The predicted molar refractivity (Wildman–Crippen MR) is 123 cm³/mol. The summed E-state index contributed by atoms with van der Waals surface area (Å²) in [7, 11) is 4.14. The van der Waals surface area contributed by atoms with Crippen molar-refractivity contribution in [2.75, 3.05) is 14.1 Å². The van der Waals surface area contributed by atoms with Crippen LogP contribution in [-0.4, -0.2) is 44.0 Å². The first-order valence-corrected chi connectivity index (χ1v) is 10.9. The maximum atomic E-state index is 12.6. The monoisotopic (exact) mass is 429 g/mol. The molecule has 4 aromatic rings. The minimum absolute atomic E-state index is 0.0769. The number of rotatable bonds is 5. The van der Waals surface area contributed by atoms with Crippen molar-refractivity contribution in [3.05, 3.63) is 87.4 Å². The molecule has 0 aliphatic carbocycles. The Morgan fingerprint density at radius 1 is 1.16 bits per heavy atom. The fourth-order valence-corrected chi connectivity index (χ4v) is 4.72. The number of hydrogen-bond acceptors (Lipinski definition) is 6. The number of nitrogens with zero attached hydrogens (tertiary/aromatic N) is 5. The van der Waals surface area contributed by atoms with E-state index in [9.17, 15) is 4.79 Å². The minimum Gasteiger partial charge on any atom is -0.305 e. The lowest BCUT2D eigenvalue weighted by Crippen LogP contribution is -2.29. The lowest BCUT2D eigenvalue weighted by Gasteiger charge is -2.26. The van der Waals surface area contributed by atoms with Gasteiger partial charge in [0.15, 0.2) is 0 Å². The molecule has 8 nitrogen and oxygen atoms in total. The highest BCUT2D eigenvalue weighted by atomic mass is 16.1. The van der Waals surface area contributed by atoms with Crippen molar-refractivity contribution < 1.29 is 0 Å². The predicted octanol–water partition coefficient (Wildman–Crippen LogP) is 2.57. The van der Waals surface area contributed by atoms with Gasteiger partial charge in [0.25, 0.3) is 5.56 Å². The Kier molecular flexibility index (Phi) is 5.32. The second-order valence-electron chi connectivity index (χ2n) is 8.53. The van der Waals surface area contributed by atoms with Crippen LogP contribution in [-0.2, 0) is 19.6 Å². The Morgan fingerprint density at radius 3 is 2.72 bits per heavy atom. The minimum atomic E-state index is -0.208. The van der Waals surface area contributed by atoms with Gasteiger partial charge in [0.2, 0.25) is 0 Å². The van der Waals surface area contributed by atoms with Crippen LogP contribution in [0, 0.1) is 0 Å². The first-order chi connectivity index (χ1) is 15.6. The van der Waals surface area contributed by atoms with Crippen molar-refractivity contribution in [3.8, 4) is 0 Å². The molecule has 0 amide bonds. The zero-order chi connectivity index (χ0) is 22.2. The van der Waals surface area contributed by atoms with Crippen molar-refractivity contribution >= 4 is 10.8 Å². The maximum absolute atomic E-state index is 12.6. The molecule has 2 N–H and O–H groups in total. The van der Waals surface area contributed by atoms with E-state index in [2.05, 4.69) is 81.8 Å². The smallest absolute Gasteiger partial charge is 0.272 e. The molecule has 0 saturated heterocycles. The van der Waals surface area contributed by atoms with Gasteiger partial charge in [-0.05, 0) is 43.8 Å². The summed E-state index contributed by atoms with van der Waals surface area (Å²) in [5, 5.41) is 17.0. The largest absolute Gasteiger partial charge is 0.305 e. The van der Waals surface area contributed by atoms with Gasteiger partial charge in [0.1, 0.15) is 12.2 Å². The van der Waals surface area contributed by atoms with Crippen LogP contribution in [0.5, 0.6) is 0 Å². The molecule has 0 saturated carbocycles. The lowest BCUT2D eigenvalue weighted by atomic mass is 9.87. The van der Waals surface area contributed by atoms with E-state index in [0.717, 1.165) is 34.6 Å². The third-order valence-corrected chi connectivity index (χ3v) is 6.13. The molecule has 2 aromatic carbocycles. The molecular weight excluding hydrogens is 402 g/mol. The highest BCUT2D eigenvalue weighted by Gasteiger charge is 2.35. The maximum Gasteiger partial charge on any atom is 0.272 e. The molecule has 2 aromatic heterocycles. The van der Waals surface area contributed by atoms with Crippen LogP contribution in [0.15, 0.2) is 53.6 Å². The van der Waals surface area contributed by atoms with E-state index in [1.165, 1.54) is 5.56 Å².